The van der Waals surface area contributed by atoms with Gasteiger partial charge in [-0.2, -0.15) is 9.61 Å². The van der Waals surface area contributed by atoms with Crippen molar-refractivity contribution in [3.63, 3.8) is 0 Å². The molecule has 0 bridgehead atoms. The molecule has 0 saturated heterocycles. The van der Waals surface area contributed by atoms with Crippen LogP contribution in [0.2, 0.25) is 0 Å². The monoisotopic (exact) mass is 379 g/mol. The number of aryl methyl sites for hydroxylation is 1. The molecule has 3 aromatic heterocycles. The zero-order valence-electron chi connectivity index (χ0n) is 11.1. The lowest BCUT2D eigenvalue weighted by molar-refractivity contribution is 0.521. The van der Waals surface area contributed by atoms with E-state index in [0.717, 1.165) is 0 Å². The molecule has 0 N–H and O–H groups in total. The quantitative estimate of drug-likeness (QED) is 0.530. The molecule has 22 heavy (non-hydrogen) atoms. The van der Waals surface area contributed by atoms with Crippen LogP contribution in [0, 0.1) is 12.7 Å². The molecule has 0 aliphatic rings. The molecule has 0 atom stereocenters. The van der Waals surface area contributed by atoms with E-state index in [9.17, 15) is 4.39 Å². The van der Waals surface area contributed by atoms with Gasteiger partial charge in [0.1, 0.15) is 17.8 Å². The Morgan fingerprint density at radius 3 is 2.91 bits per heavy atom. The normalized spacial score (nSPS) is 11.4. The van der Waals surface area contributed by atoms with Crippen LogP contribution in [0.25, 0.3) is 27.1 Å². The highest BCUT2D eigenvalue weighted by Gasteiger charge is 2.18. The lowest BCUT2D eigenvalue weighted by Gasteiger charge is -1.99. The summed E-state index contributed by atoms with van der Waals surface area (Å²) >= 11 is 4.54. The predicted octanol–water partition coefficient (Wildman–Crippen LogP) is 3.72. The Labute approximate surface area is 135 Å². The van der Waals surface area contributed by atoms with Crippen LogP contribution >= 0.6 is 27.3 Å². The molecule has 0 amide bonds. The standard InChI is InChI=1S/C13H7BrFN5OS/c1-6-16-10(5-21-6)12-19-20-11(17-18-13(20)22-12)8-3-2-7(14)4-9(8)15/h2-5H,1H3. The van der Waals surface area contributed by atoms with Crippen molar-refractivity contribution >= 4 is 32.2 Å². The van der Waals surface area contributed by atoms with Crippen LogP contribution in [0.3, 0.4) is 0 Å². The summed E-state index contributed by atoms with van der Waals surface area (Å²) in [5.41, 5.74) is 0.958. The largest absolute Gasteiger partial charge is 0.449 e. The van der Waals surface area contributed by atoms with E-state index in [1.54, 1.807) is 19.1 Å². The lowest BCUT2D eigenvalue weighted by atomic mass is 10.2. The first-order valence-electron chi connectivity index (χ1n) is 6.22. The highest BCUT2D eigenvalue weighted by Crippen LogP contribution is 2.29. The zero-order valence-corrected chi connectivity index (χ0v) is 13.5. The first-order chi connectivity index (χ1) is 10.6. The van der Waals surface area contributed by atoms with Gasteiger partial charge in [0.2, 0.25) is 4.96 Å². The number of benzene rings is 1. The number of hydrogen-bond acceptors (Lipinski definition) is 6. The molecule has 0 saturated carbocycles. The minimum Gasteiger partial charge on any atom is -0.449 e. The van der Waals surface area contributed by atoms with Crippen LogP contribution in [-0.4, -0.2) is 24.8 Å². The summed E-state index contributed by atoms with van der Waals surface area (Å²) in [5.74, 6) is 0.512. The van der Waals surface area contributed by atoms with Crippen LogP contribution in [-0.2, 0) is 0 Å². The summed E-state index contributed by atoms with van der Waals surface area (Å²) in [6, 6.07) is 4.76. The van der Waals surface area contributed by atoms with Crippen molar-refractivity contribution in [2.45, 2.75) is 6.92 Å². The molecule has 1 aromatic carbocycles. The number of oxazole rings is 1. The molecule has 0 unspecified atom stereocenters. The Hall–Kier alpha value is -2.13. The molecule has 110 valence electrons. The van der Waals surface area contributed by atoms with Crippen molar-refractivity contribution in [3.8, 4) is 22.1 Å². The van der Waals surface area contributed by atoms with E-state index in [-0.39, 0.29) is 0 Å². The van der Waals surface area contributed by atoms with Crippen LogP contribution < -0.4 is 0 Å². The lowest BCUT2D eigenvalue weighted by Crippen LogP contribution is -1.93. The van der Waals surface area contributed by atoms with Crippen LogP contribution in [0.4, 0.5) is 4.39 Å². The molecule has 3 heterocycles. The van der Waals surface area contributed by atoms with Crippen molar-refractivity contribution in [1.29, 1.82) is 0 Å². The van der Waals surface area contributed by atoms with E-state index in [4.69, 9.17) is 4.42 Å². The van der Waals surface area contributed by atoms with E-state index in [1.807, 2.05) is 0 Å². The molecule has 0 aliphatic carbocycles. The van der Waals surface area contributed by atoms with Gasteiger partial charge in [0.05, 0.1) is 5.56 Å². The minimum atomic E-state index is -0.393. The Bertz CT molecular complexity index is 992. The highest BCUT2D eigenvalue weighted by molar-refractivity contribution is 9.10. The fourth-order valence-corrected chi connectivity index (χ4v) is 3.14. The van der Waals surface area contributed by atoms with Crippen LogP contribution in [0.1, 0.15) is 5.89 Å². The van der Waals surface area contributed by atoms with Crippen molar-refractivity contribution in [1.82, 2.24) is 24.8 Å². The van der Waals surface area contributed by atoms with Gasteiger partial charge in [0.15, 0.2) is 16.7 Å². The maximum absolute atomic E-state index is 14.1. The zero-order chi connectivity index (χ0) is 15.3. The van der Waals surface area contributed by atoms with E-state index < -0.39 is 5.82 Å². The number of rotatable bonds is 2. The topological polar surface area (TPSA) is 69.1 Å². The Morgan fingerprint density at radius 2 is 2.18 bits per heavy atom. The fraction of sp³-hybridized carbons (Fsp3) is 0.0769. The number of halogens is 2. The first kappa shape index (κ1) is 13.5. The van der Waals surface area contributed by atoms with Gasteiger partial charge >= 0.3 is 0 Å². The fourth-order valence-electron chi connectivity index (χ4n) is 2.02. The van der Waals surface area contributed by atoms with Gasteiger partial charge in [-0.05, 0) is 18.2 Å². The molecule has 4 rings (SSSR count). The van der Waals surface area contributed by atoms with Crippen LogP contribution in [0.5, 0.6) is 0 Å². The minimum absolute atomic E-state index is 0.337. The SMILES string of the molecule is Cc1nc(-c2nn3c(-c4ccc(Br)cc4F)nnc3s2)co1. The number of aromatic nitrogens is 5. The van der Waals surface area contributed by atoms with Gasteiger partial charge in [-0.3, -0.25) is 0 Å². The summed E-state index contributed by atoms with van der Waals surface area (Å²) in [4.78, 5) is 4.79. The maximum Gasteiger partial charge on any atom is 0.235 e. The summed E-state index contributed by atoms with van der Waals surface area (Å²) in [6.07, 6.45) is 1.53. The summed E-state index contributed by atoms with van der Waals surface area (Å²) < 4.78 is 21.5. The maximum atomic E-state index is 14.1. The molecular weight excluding hydrogens is 373 g/mol. The third-order valence-corrected chi connectivity index (χ3v) is 4.42. The summed E-state index contributed by atoms with van der Waals surface area (Å²) in [6.45, 7) is 1.76. The van der Waals surface area contributed by atoms with Crippen molar-refractivity contribution in [2.24, 2.45) is 0 Å². The van der Waals surface area contributed by atoms with E-state index in [2.05, 4.69) is 36.2 Å². The van der Waals surface area contributed by atoms with Gasteiger partial charge in [-0.25, -0.2) is 9.37 Å². The molecule has 0 fully saturated rings. The Balaban J connectivity index is 1.87. The molecule has 9 heteroatoms. The average molecular weight is 380 g/mol. The van der Waals surface area contributed by atoms with Gasteiger partial charge in [0.25, 0.3) is 0 Å². The number of nitrogens with zero attached hydrogens (tertiary/aromatic N) is 5. The second kappa shape index (κ2) is 4.96. The third kappa shape index (κ3) is 2.13. The van der Waals surface area contributed by atoms with Gasteiger partial charge in [-0.15, -0.1) is 10.2 Å². The Morgan fingerprint density at radius 1 is 1.32 bits per heavy atom. The van der Waals surface area contributed by atoms with Crippen molar-refractivity contribution in [2.75, 3.05) is 0 Å². The molecule has 0 aliphatic heterocycles. The van der Waals surface area contributed by atoms with Gasteiger partial charge in [0, 0.05) is 11.4 Å². The van der Waals surface area contributed by atoms with Gasteiger partial charge in [-0.1, -0.05) is 27.3 Å². The molecule has 0 radical (unpaired) electrons. The first-order valence-corrected chi connectivity index (χ1v) is 7.83. The van der Waals surface area contributed by atoms with E-state index in [1.165, 1.54) is 28.2 Å². The summed E-state index contributed by atoms with van der Waals surface area (Å²) in [7, 11) is 0. The number of hydrogen-bond donors (Lipinski definition) is 0. The second-order valence-corrected chi connectivity index (χ2v) is 6.37. The molecule has 6 nitrogen and oxygen atoms in total. The van der Waals surface area contributed by atoms with Gasteiger partial charge < -0.3 is 4.42 Å². The van der Waals surface area contributed by atoms with Crippen LogP contribution in [0.15, 0.2) is 33.4 Å². The van der Waals surface area contributed by atoms with E-state index in [0.29, 0.717) is 37.4 Å². The smallest absolute Gasteiger partial charge is 0.235 e. The highest BCUT2D eigenvalue weighted by atomic mass is 79.9. The predicted molar refractivity (Wildman–Crippen MR) is 82.0 cm³/mol. The summed E-state index contributed by atoms with van der Waals surface area (Å²) in [5, 5.41) is 13.1. The second-order valence-electron chi connectivity index (χ2n) is 4.50. The molecular formula is C13H7BrFN5OS. The Kier molecular flexibility index (Phi) is 3.05. The number of fused-ring (bicyclic) bond motifs is 1. The molecule has 0 spiro atoms. The van der Waals surface area contributed by atoms with Crippen molar-refractivity contribution < 1.29 is 8.81 Å². The van der Waals surface area contributed by atoms with E-state index >= 15 is 0 Å². The third-order valence-electron chi connectivity index (χ3n) is 3.00. The molecule has 4 aromatic rings. The average Bonchev–Trinajstić information content (AvgIpc) is 3.14. The van der Waals surface area contributed by atoms with Crippen molar-refractivity contribution in [3.05, 3.63) is 40.6 Å².